The monoisotopic (exact) mass is 311 g/mol. The summed E-state index contributed by atoms with van der Waals surface area (Å²) in [4.78, 5) is 26.7. The van der Waals surface area contributed by atoms with E-state index in [4.69, 9.17) is 22.4 Å². The van der Waals surface area contributed by atoms with Gasteiger partial charge in [0.2, 0.25) is 5.91 Å². The summed E-state index contributed by atoms with van der Waals surface area (Å²) >= 11 is 7.00. The zero-order chi connectivity index (χ0) is 14.7. The third-order valence-electron chi connectivity index (χ3n) is 2.39. The molecular formula is C12H10ClN3O3S. The lowest BCUT2D eigenvalue weighted by Crippen LogP contribution is -2.15. The molecule has 0 aliphatic rings. The maximum Gasteiger partial charge on any atom is 0.337 e. The van der Waals surface area contributed by atoms with E-state index >= 15 is 0 Å². The molecule has 104 valence electrons. The van der Waals surface area contributed by atoms with Crippen LogP contribution in [0.15, 0.2) is 23.6 Å². The number of rotatable bonds is 4. The van der Waals surface area contributed by atoms with Crippen LogP contribution in [0.25, 0.3) is 0 Å². The van der Waals surface area contributed by atoms with Gasteiger partial charge in [0.15, 0.2) is 5.13 Å². The molecule has 2 aromatic rings. The Hall–Kier alpha value is -2.12. The summed E-state index contributed by atoms with van der Waals surface area (Å²) in [6.07, 6.45) is 0.0682. The molecule has 0 atom stereocenters. The van der Waals surface area contributed by atoms with Crippen molar-refractivity contribution in [2.75, 3.05) is 11.1 Å². The first-order valence-electron chi connectivity index (χ1n) is 5.48. The van der Waals surface area contributed by atoms with Crippen LogP contribution in [0.4, 0.5) is 10.8 Å². The molecule has 1 amide bonds. The molecule has 0 aliphatic carbocycles. The minimum Gasteiger partial charge on any atom is -0.478 e. The van der Waals surface area contributed by atoms with E-state index < -0.39 is 5.97 Å². The quantitative estimate of drug-likeness (QED) is 0.803. The average Bonchev–Trinajstić information content (AvgIpc) is 2.76. The smallest absolute Gasteiger partial charge is 0.337 e. The Labute approximate surface area is 123 Å². The number of anilines is 2. The van der Waals surface area contributed by atoms with Crippen LogP contribution < -0.4 is 11.1 Å². The van der Waals surface area contributed by atoms with Gasteiger partial charge in [-0.3, -0.25) is 4.79 Å². The fourth-order valence-corrected chi connectivity index (χ4v) is 2.30. The molecule has 0 bridgehead atoms. The minimum absolute atomic E-state index is 0.0673. The van der Waals surface area contributed by atoms with E-state index in [0.29, 0.717) is 16.5 Å². The second kappa shape index (κ2) is 5.89. The zero-order valence-electron chi connectivity index (χ0n) is 10.1. The Balaban J connectivity index is 2.08. The summed E-state index contributed by atoms with van der Waals surface area (Å²) in [5.41, 5.74) is 6.33. The number of nitrogen functional groups attached to an aromatic ring is 1. The van der Waals surface area contributed by atoms with Gasteiger partial charge in [-0.05, 0) is 18.2 Å². The second-order valence-corrected chi connectivity index (χ2v) is 5.20. The van der Waals surface area contributed by atoms with Crippen LogP contribution >= 0.6 is 22.9 Å². The molecule has 20 heavy (non-hydrogen) atoms. The molecule has 2 rings (SSSR count). The number of benzene rings is 1. The Morgan fingerprint density at radius 3 is 2.80 bits per heavy atom. The molecule has 1 heterocycles. The highest BCUT2D eigenvalue weighted by Crippen LogP contribution is 2.21. The lowest BCUT2D eigenvalue weighted by molar-refractivity contribution is -0.115. The highest BCUT2D eigenvalue weighted by atomic mass is 35.5. The highest BCUT2D eigenvalue weighted by molar-refractivity contribution is 7.13. The van der Waals surface area contributed by atoms with Crippen molar-refractivity contribution in [1.29, 1.82) is 0 Å². The van der Waals surface area contributed by atoms with Gasteiger partial charge in [-0.15, -0.1) is 11.3 Å². The van der Waals surface area contributed by atoms with Crippen molar-refractivity contribution in [1.82, 2.24) is 4.98 Å². The van der Waals surface area contributed by atoms with Crippen LogP contribution in [0.1, 0.15) is 16.1 Å². The normalized spacial score (nSPS) is 10.2. The summed E-state index contributed by atoms with van der Waals surface area (Å²) in [7, 11) is 0. The number of aromatic carboxylic acids is 1. The Kier molecular flexibility index (Phi) is 4.21. The SMILES string of the molecule is Nc1nc(CC(=O)Nc2ccc(Cl)c(C(=O)O)c2)cs1. The number of hydrogen-bond donors (Lipinski definition) is 3. The first-order valence-corrected chi connectivity index (χ1v) is 6.74. The molecule has 4 N–H and O–H groups in total. The first-order chi connectivity index (χ1) is 9.45. The Morgan fingerprint density at radius 2 is 2.20 bits per heavy atom. The molecule has 6 nitrogen and oxygen atoms in total. The number of halogens is 1. The lowest BCUT2D eigenvalue weighted by Gasteiger charge is -2.06. The molecular weight excluding hydrogens is 302 g/mol. The minimum atomic E-state index is -1.15. The van der Waals surface area contributed by atoms with Crippen molar-refractivity contribution in [2.45, 2.75) is 6.42 Å². The van der Waals surface area contributed by atoms with E-state index in [1.165, 1.54) is 29.5 Å². The van der Waals surface area contributed by atoms with Crippen LogP contribution in [0.3, 0.4) is 0 Å². The second-order valence-electron chi connectivity index (χ2n) is 3.90. The van der Waals surface area contributed by atoms with Crippen molar-refractivity contribution in [3.63, 3.8) is 0 Å². The van der Waals surface area contributed by atoms with Gasteiger partial charge in [0.1, 0.15) is 0 Å². The van der Waals surface area contributed by atoms with Crippen LogP contribution in [0, 0.1) is 0 Å². The largest absolute Gasteiger partial charge is 0.478 e. The van der Waals surface area contributed by atoms with E-state index in [2.05, 4.69) is 10.3 Å². The standard InChI is InChI=1S/C12H10ClN3O3S/c13-9-2-1-6(3-8(9)11(18)19)15-10(17)4-7-5-20-12(14)16-7/h1-3,5H,4H2,(H2,14,16)(H,15,17)(H,18,19). The first kappa shape index (κ1) is 14.3. The molecule has 0 saturated carbocycles. The van der Waals surface area contributed by atoms with Crippen LogP contribution in [0.5, 0.6) is 0 Å². The van der Waals surface area contributed by atoms with Crippen molar-refractivity contribution in [3.05, 3.63) is 39.9 Å². The molecule has 0 unspecified atom stereocenters. The third kappa shape index (κ3) is 3.46. The van der Waals surface area contributed by atoms with Crippen LogP contribution in [-0.2, 0) is 11.2 Å². The van der Waals surface area contributed by atoms with Gasteiger partial charge < -0.3 is 16.2 Å². The number of nitrogens with zero attached hydrogens (tertiary/aromatic N) is 1. The molecule has 0 radical (unpaired) electrons. The summed E-state index contributed by atoms with van der Waals surface area (Å²) in [6, 6.07) is 4.25. The number of carbonyl (C=O) groups is 2. The number of amides is 1. The van der Waals surface area contributed by atoms with E-state index in [1.807, 2.05) is 0 Å². The summed E-state index contributed by atoms with van der Waals surface area (Å²) in [6.45, 7) is 0. The van der Waals surface area contributed by atoms with Gasteiger partial charge in [0.05, 0.1) is 22.7 Å². The predicted molar refractivity (Wildman–Crippen MR) is 77.3 cm³/mol. The lowest BCUT2D eigenvalue weighted by atomic mass is 10.2. The Morgan fingerprint density at radius 1 is 1.45 bits per heavy atom. The number of aromatic nitrogens is 1. The highest BCUT2D eigenvalue weighted by Gasteiger charge is 2.12. The number of carboxylic acid groups (broad SMARTS) is 1. The maximum absolute atomic E-state index is 11.8. The fourth-order valence-electron chi connectivity index (χ4n) is 1.54. The zero-order valence-corrected chi connectivity index (χ0v) is 11.7. The number of nitrogens with two attached hydrogens (primary N) is 1. The fraction of sp³-hybridized carbons (Fsp3) is 0.0833. The topological polar surface area (TPSA) is 105 Å². The van der Waals surface area contributed by atoms with Gasteiger partial charge in [-0.1, -0.05) is 11.6 Å². The van der Waals surface area contributed by atoms with E-state index in [-0.39, 0.29) is 22.9 Å². The van der Waals surface area contributed by atoms with Gasteiger partial charge in [-0.2, -0.15) is 0 Å². The molecule has 0 saturated heterocycles. The van der Waals surface area contributed by atoms with Crippen molar-refractivity contribution < 1.29 is 14.7 Å². The summed E-state index contributed by atoms with van der Waals surface area (Å²) < 4.78 is 0. The van der Waals surface area contributed by atoms with E-state index in [9.17, 15) is 9.59 Å². The van der Waals surface area contributed by atoms with Gasteiger partial charge in [0.25, 0.3) is 0 Å². The molecule has 1 aromatic carbocycles. The molecule has 8 heteroatoms. The van der Waals surface area contributed by atoms with Gasteiger partial charge in [-0.25, -0.2) is 9.78 Å². The Bertz CT molecular complexity index is 672. The number of nitrogens with one attached hydrogen (secondary N) is 1. The third-order valence-corrected chi connectivity index (χ3v) is 3.44. The van der Waals surface area contributed by atoms with Crippen LogP contribution in [-0.4, -0.2) is 22.0 Å². The van der Waals surface area contributed by atoms with Crippen molar-refractivity contribution >= 4 is 45.6 Å². The molecule has 0 fully saturated rings. The van der Waals surface area contributed by atoms with Crippen molar-refractivity contribution in [3.8, 4) is 0 Å². The number of carbonyl (C=O) groups excluding carboxylic acids is 1. The maximum atomic E-state index is 11.8. The summed E-state index contributed by atoms with van der Waals surface area (Å²) in [5, 5.41) is 13.7. The number of carboxylic acids is 1. The molecule has 0 spiro atoms. The number of hydrogen-bond acceptors (Lipinski definition) is 5. The summed E-state index contributed by atoms with van der Waals surface area (Å²) in [5.74, 6) is -1.47. The average molecular weight is 312 g/mol. The van der Waals surface area contributed by atoms with Gasteiger partial charge >= 0.3 is 5.97 Å². The predicted octanol–water partition coefficient (Wildman–Crippen LogP) is 2.26. The molecule has 0 aliphatic heterocycles. The van der Waals surface area contributed by atoms with E-state index in [0.717, 1.165) is 0 Å². The van der Waals surface area contributed by atoms with E-state index in [1.54, 1.807) is 5.38 Å². The molecule has 1 aromatic heterocycles. The number of thiazole rings is 1. The van der Waals surface area contributed by atoms with Crippen LogP contribution in [0.2, 0.25) is 5.02 Å². The van der Waals surface area contributed by atoms with Crippen molar-refractivity contribution in [2.24, 2.45) is 0 Å². The van der Waals surface area contributed by atoms with Gasteiger partial charge in [0, 0.05) is 11.1 Å².